The molecule has 0 unspecified atom stereocenters. The summed E-state index contributed by atoms with van der Waals surface area (Å²) >= 11 is 0. The maximum Gasteiger partial charge on any atom is 0.357 e. The van der Waals surface area contributed by atoms with Gasteiger partial charge >= 0.3 is 11.7 Å². The largest absolute Gasteiger partial charge is 0.453 e. The van der Waals surface area contributed by atoms with Gasteiger partial charge in [0.2, 0.25) is 5.78 Å². The lowest BCUT2D eigenvalue weighted by Gasteiger charge is -2.13. The highest BCUT2D eigenvalue weighted by Gasteiger charge is 2.22. The van der Waals surface area contributed by atoms with Crippen LogP contribution in [0.3, 0.4) is 0 Å². The van der Waals surface area contributed by atoms with Crippen LogP contribution in [0.2, 0.25) is 0 Å². The van der Waals surface area contributed by atoms with E-state index < -0.39 is 29.6 Å². The summed E-state index contributed by atoms with van der Waals surface area (Å²) in [6.07, 6.45) is 2.00. The van der Waals surface area contributed by atoms with Crippen molar-refractivity contribution in [1.82, 2.24) is 14.1 Å². The van der Waals surface area contributed by atoms with E-state index in [1.54, 1.807) is 12.1 Å². The summed E-state index contributed by atoms with van der Waals surface area (Å²) in [5.74, 6) is -1.81. The lowest BCUT2D eigenvalue weighted by molar-refractivity contribution is 0.0468. The van der Waals surface area contributed by atoms with Gasteiger partial charge in [-0.2, -0.15) is 0 Å². The van der Waals surface area contributed by atoms with E-state index >= 15 is 0 Å². The predicted molar refractivity (Wildman–Crippen MR) is 89.5 cm³/mol. The second-order valence-corrected chi connectivity index (χ2v) is 5.27. The van der Waals surface area contributed by atoms with Crippen molar-refractivity contribution < 1.29 is 14.3 Å². The summed E-state index contributed by atoms with van der Waals surface area (Å²) in [7, 11) is 1.26. The van der Waals surface area contributed by atoms with Crippen molar-refractivity contribution in [2.75, 3.05) is 12.3 Å². The van der Waals surface area contributed by atoms with E-state index in [1.807, 2.05) is 6.92 Å². The molecule has 0 aliphatic rings. The number of Topliss-reactive ketones (excluding diaryl/α,β-unsaturated/α-hetero) is 1. The van der Waals surface area contributed by atoms with Crippen molar-refractivity contribution in [2.45, 2.75) is 19.9 Å². The first kappa shape index (κ1) is 18.1. The van der Waals surface area contributed by atoms with E-state index in [1.165, 1.54) is 19.3 Å². The molecule has 2 rings (SSSR count). The van der Waals surface area contributed by atoms with E-state index in [4.69, 9.17) is 10.5 Å². The number of nitrogen functional groups attached to an aromatic ring is 1. The molecule has 0 aromatic carbocycles. The zero-order chi connectivity index (χ0) is 18.6. The number of hydrogen-bond acceptors (Lipinski definition) is 7. The van der Waals surface area contributed by atoms with Gasteiger partial charge in [-0.05, 0) is 18.6 Å². The third-order valence-electron chi connectivity index (χ3n) is 3.52. The van der Waals surface area contributed by atoms with Gasteiger partial charge in [-0.1, -0.05) is 13.0 Å². The quantitative estimate of drug-likeness (QED) is 0.575. The first-order valence-electron chi connectivity index (χ1n) is 7.59. The second-order valence-electron chi connectivity index (χ2n) is 5.27. The molecule has 0 atom stereocenters. The number of hydrogen-bond donors (Lipinski definition) is 1. The van der Waals surface area contributed by atoms with Crippen LogP contribution >= 0.6 is 0 Å². The van der Waals surface area contributed by atoms with Crippen LogP contribution in [-0.4, -0.2) is 32.5 Å². The molecule has 0 saturated heterocycles. The molecule has 0 bridgehead atoms. The highest BCUT2D eigenvalue weighted by molar-refractivity contribution is 6.02. The summed E-state index contributed by atoms with van der Waals surface area (Å²) in [5, 5.41) is 0. The van der Waals surface area contributed by atoms with Gasteiger partial charge in [0.15, 0.2) is 6.61 Å². The Bertz CT molecular complexity index is 915. The standard InChI is InChI=1S/C16H18N4O5/c1-3-8-20-13(17)12(14(22)19(2)16(20)24)11(21)9-25-15(23)10-6-4-5-7-18-10/h4-7H,3,8-9,17H2,1-2H3. The van der Waals surface area contributed by atoms with Crippen molar-refractivity contribution in [3.8, 4) is 0 Å². The number of carbonyl (C=O) groups is 2. The van der Waals surface area contributed by atoms with E-state index in [9.17, 15) is 19.2 Å². The third kappa shape index (κ3) is 3.65. The molecule has 0 amide bonds. The Morgan fingerprint density at radius 3 is 2.60 bits per heavy atom. The van der Waals surface area contributed by atoms with Crippen LogP contribution in [-0.2, 0) is 18.3 Å². The number of rotatable bonds is 6. The Kier molecular flexibility index (Phi) is 5.48. The van der Waals surface area contributed by atoms with Gasteiger partial charge in [-0.25, -0.2) is 14.6 Å². The Morgan fingerprint density at radius 2 is 2.00 bits per heavy atom. The Balaban J connectivity index is 2.29. The Labute approximate surface area is 142 Å². The predicted octanol–water partition coefficient (Wildman–Crippen LogP) is -0.0261. The molecule has 0 aliphatic carbocycles. The Hall–Kier alpha value is -3.23. The molecule has 25 heavy (non-hydrogen) atoms. The molecule has 2 N–H and O–H groups in total. The van der Waals surface area contributed by atoms with Gasteiger partial charge in [0.05, 0.1) is 0 Å². The smallest absolute Gasteiger partial charge is 0.357 e. The maximum atomic E-state index is 12.3. The zero-order valence-electron chi connectivity index (χ0n) is 13.9. The van der Waals surface area contributed by atoms with Crippen molar-refractivity contribution in [3.05, 3.63) is 56.5 Å². The monoisotopic (exact) mass is 346 g/mol. The highest BCUT2D eigenvalue weighted by Crippen LogP contribution is 2.07. The van der Waals surface area contributed by atoms with Crippen molar-refractivity contribution in [2.24, 2.45) is 7.05 Å². The first-order valence-corrected chi connectivity index (χ1v) is 7.59. The summed E-state index contributed by atoms with van der Waals surface area (Å²) in [6.45, 7) is 1.40. The number of carbonyl (C=O) groups excluding carboxylic acids is 2. The number of ketones is 1. The number of ether oxygens (including phenoxy) is 1. The van der Waals surface area contributed by atoms with Gasteiger partial charge in [-0.15, -0.1) is 0 Å². The van der Waals surface area contributed by atoms with Crippen molar-refractivity contribution >= 4 is 17.6 Å². The molecular formula is C16H18N4O5. The van der Waals surface area contributed by atoms with Gasteiger partial charge in [0.1, 0.15) is 17.1 Å². The fourth-order valence-electron chi connectivity index (χ4n) is 2.25. The van der Waals surface area contributed by atoms with Crippen LogP contribution in [0.25, 0.3) is 0 Å². The maximum absolute atomic E-state index is 12.3. The highest BCUT2D eigenvalue weighted by atomic mass is 16.5. The van der Waals surface area contributed by atoms with Gasteiger partial charge < -0.3 is 10.5 Å². The average Bonchev–Trinajstić information content (AvgIpc) is 2.62. The molecule has 2 aromatic heterocycles. The normalized spacial score (nSPS) is 10.5. The molecule has 132 valence electrons. The molecule has 0 fully saturated rings. The van der Waals surface area contributed by atoms with Crippen molar-refractivity contribution in [3.63, 3.8) is 0 Å². The summed E-state index contributed by atoms with van der Waals surface area (Å²) < 4.78 is 6.84. The molecule has 2 aromatic rings. The van der Waals surface area contributed by atoms with Crippen LogP contribution in [0.5, 0.6) is 0 Å². The summed E-state index contributed by atoms with van der Waals surface area (Å²) in [4.78, 5) is 52.3. The number of nitrogens with two attached hydrogens (primary N) is 1. The molecular weight excluding hydrogens is 328 g/mol. The lowest BCUT2D eigenvalue weighted by atomic mass is 10.2. The van der Waals surface area contributed by atoms with Crippen LogP contribution < -0.4 is 17.0 Å². The number of esters is 1. The minimum absolute atomic E-state index is 0.0344. The first-order chi connectivity index (χ1) is 11.9. The van der Waals surface area contributed by atoms with E-state index in [-0.39, 0.29) is 23.6 Å². The SMILES string of the molecule is CCCn1c(N)c(C(=O)COC(=O)c2ccccn2)c(=O)n(C)c1=O. The molecule has 0 spiro atoms. The zero-order valence-corrected chi connectivity index (χ0v) is 13.9. The van der Waals surface area contributed by atoms with Crippen LogP contribution in [0.4, 0.5) is 5.82 Å². The number of anilines is 1. The molecule has 9 heteroatoms. The Morgan fingerprint density at radius 1 is 1.28 bits per heavy atom. The molecule has 0 radical (unpaired) electrons. The number of pyridine rings is 1. The third-order valence-corrected chi connectivity index (χ3v) is 3.52. The van der Waals surface area contributed by atoms with Gasteiger partial charge in [0, 0.05) is 19.8 Å². The molecule has 2 heterocycles. The van der Waals surface area contributed by atoms with Gasteiger partial charge in [-0.3, -0.25) is 18.7 Å². The molecule has 0 aliphatic heterocycles. The minimum Gasteiger partial charge on any atom is -0.453 e. The van der Waals surface area contributed by atoms with E-state index in [0.717, 1.165) is 9.13 Å². The van der Waals surface area contributed by atoms with Crippen molar-refractivity contribution in [1.29, 1.82) is 0 Å². The fraction of sp³-hybridized carbons (Fsp3) is 0.312. The second kappa shape index (κ2) is 7.56. The summed E-state index contributed by atoms with van der Waals surface area (Å²) in [5.41, 5.74) is 4.07. The topological polar surface area (TPSA) is 126 Å². The van der Waals surface area contributed by atoms with Crippen LogP contribution in [0.15, 0.2) is 34.0 Å². The number of aromatic nitrogens is 3. The van der Waals surface area contributed by atoms with E-state index in [0.29, 0.717) is 6.42 Å². The molecule has 9 nitrogen and oxygen atoms in total. The lowest BCUT2D eigenvalue weighted by Crippen LogP contribution is -2.43. The van der Waals surface area contributed by atoms with Crippen LogP contribution in [0, 0.1) is 0 Å². The fourth-order valence-corrected chi connectivity index (χ4v) is 2.25. The molecule has 0 saturated carbocycles. The van der Waals surface area contributed by atoms with Crippen LogP contribution in [0.1, 0.15) is 34.2 Å². The number of nitrogens with zero attached hydrogens (tertiary/aromatic N) is 3. The van der Waals surface area contributed by atoms with Gasteiger partial charge in [0.25, 0.3) is 5.56 Å². The minimum atomic E-state index is -0.825. The summed E-state index contributed by atoms with van der Waals surface area (Å²) in [6, 6.07) is 4.66. The van der Waals surface area contributed by atoms with E-state index in [2.05, 4.69) is 4.98 Å². The average molecular weight is 346 g/mol.